The van der Waals surface area contributed by atoms with Gasteiger partial charge in [-0.3, -0.25) is 9.59 Å². The van der Waals surface area contributed by atoms with Gasteiger partial charge in [-0.15, -0.1) is 0 Å². The van der Waals surface area contributed by atoms with Crippen LogP contribution in [0.3, 0.4) is 0 Å². The lowest BCUT2D eigenvalue weighted by atomic mass is 9.94. The van der Waals surface area contributed by atoms with Crippen LogP contribution in [0.15, 0.2) is 35.1 Å². The standard InChI is InChI=1S/C22H29N3O2/c1-16-8-11-24(12-9-16)14-17-5-4-10-25(15-17)22(27)19-13-21(26)23-20-7-3-2-6-18(19)20/h2-3,6-7,13,16-17H,4-5,8-12,14-15H2,1H3,(H,23,26). The maximum atomic E-state index is 13.2. The number of para-hydroxylation sites is 1. The third-order valence-corrected chi connectivity index (χ3v) is 6.18. The van der Waals surface area contributed by atoms with Gasteiger partial charge in [0.25, 0.3) is 5.91 Å². The molecule has 0 spiro atoms. The van der Waals surface area contributed by atoms with Crippen molar-refractivity contribution in [2.75, 3.05) is 32.7 Å². The smallest absolute Gasteiger partial charge is 0.254 e. The number of likely N-dealkylation sites (tertiary alicyclic amines) is 2. The van der Waals surface area contributed by atoms with Crippen LogP contribution in [0.1, 0.15) is 43.0 Å². The largest absolute Gasteiger partial charge is 0.338 e. The fourth-order valence-corrected chi connectivity index (χ4v) is 4.56. The Balaban J connectivity index is 1.48. The van der Waals surface area contributed by atoms with Crippen molar-refractivity contribution >= 4 is 16.8 Å². The number of nitrogens with zero attached hydrogens (tertiary/aromatic N) is 2. The predicted octanol–water partition coefficient (Wildman–Crippen LogP) is 3.11. The summed E-state index contributed by atoms with van der Waals surface area (Å²) in [5.74, 6) is 1.37. The Morgan fingerprint density at radius 3 is 2.74 bits per heavy atom. The van der Waals surface area contributed by atoms with Gasteiger partial charge >= 0.3 is 0 Å². The van der Waals surface area contributed by atoms with Crippen LogP contribution in [-0.4, -0.2) is 53.4 Å². The van der Waals surface area contributed by atoms with E-state index in [1.54, 1.807) is 0 Å². The Morgan fingerprint density at radius 2 is 1.93 bits per heavy atom. The molecule has 0 radical (unpaired) electrons. The number of aromatic nitrogens is 1. The SMILES string of the molecule is CC1CCN(CC2CCCN(C(=O)c3cc(=O)[nH]c4ccccc34)C2)CC1. The van der Waals surface area contributed by atoms with Crippen molar-refractivity contribution in [3.8, 4) is 0 Å². The zero-order valence-corrected chi connectivity index (χ0v) is 16.1. The summed E-state index contributed by atoms with van der Waals surface area (Å²) in [7, 11) is 0. The molecule has 2 saturated heterocycles. The Hall–Kier alpha value is -2.14. The molecule has 1 atom stereocenters. The van der Waals surface area contributed by atoms with Crippen molar-refractivity contribution in [1.82, 2.24) is 14.8 Å². The van der Waals surface area contributed by atoms with Crippen LogP contribution >= 0.6 is 0 Å². The molecule has 5 nitrogen and oxygen atoms in total. The molecule has 2 aromatic rings. The highest BCUT2D eigenvalue weighted by Crippen LogP contribution is 2.24. The van der Waals surface area contributed by atoms with Crippen LogP contribution in [0.25, 0.3) is 10.9 Å². The van der Waals surface area contributed by atoms with E-state index in [4.69, 9.17) is 0 Å². The molecular weight excluding hydrogens is 338 g/mol. The van der Waals surface area contributed by atoms with Crippen molar-refractivity contribution in [2.45, 2.75) is 32.6 Å². The second-order valence-corrected chi connectivity index (χ2v) is 8.34. The van der Waals surface area contributed by atoms with E-state index >= 15 is 0 Å². The van der Waals surface area contributed by atoms with Gasteiger partial charge in [0.2, 0.25) is 5.56 Å². The normalized spacial score (nSPS) is 22.3. The minimum Gasteiger partial charge on any atom is -0.338 e. The molecule has 144 valence electrons. The van der Waals surface area contributed by atoms with E-state index in [0.29, 0.717) is 11.5 Å². The summed E-state index contributed by atoms with van der Waals surface area (Å²) in [6.07, 6.45) is 4.80. The van der Waals surface area contributed by atoms with Crippen molar-refractivity contribution in [2.24, 2.45) is 11.8 Å². The first-order valence-corrected chi connectivity index (χ1v) is 10.2. The molecular formula is C22H29N3O2. The molecule has 4 rings (SSSR count). The van der Waals surface area contributed by atoms with Crippen LogP contribution in [0, 0.1) is 11.8 Å². The third-order valence-electron chi connectivity index (χ3n) is 6.18. The summed E-state index contributed by atoms with van der Waals surface area (Å²) in [5, 5.41) is 0.828. The van der Waals surface area contributed by atoms with Gasteiger partial charge in [-0.25, -0.2) is 0 Å². The molecule has 27 heavy (non-hydrogen) atoms. The van der Waals surface area contributed by atoms with E-state index in [0.717, 1.165) is 42.9 Å². The minimum absolute atomic E-state index is 0.00531. The number of H-pyrrole nitrogens is 1. The molecule has 3 heterocycles. The molecule has 1 aromatic carbocycles. The quantitative estimate of drug-likeness (QED) is 0.907. The maximum Gasteiger partial charge on any atom is 0.254 e. The van der Waals surface area contributed by atoms with Gasteiger partial charge in [0.1, 0.15) is 0 Å². The Kier molecular flexibility index (Phi) is 5.30. The minimum atomic E-state index is -0.215. The fourth-order valence-electron chi connectivity index (χ4n) is 4.56. The second kappa shape index (κ2) is 7.85. The molecule has 0 aliphatic carbocycles. The second-order valence-electron chi connectivity index (χ2n) is 8.34. The molecule has 2 aliphatic rings. The number of aromatic amines is 1. The Labute approximate surface area is 160 Å². The first-order chi connectivity index (χ1) is 13.1. The average Bonchev–Trinajstić information content (AvgIpc) is 2.69. The van der Waals surface area contributed by atoms with Crippen LogP contribution < -0.4 is 5.56 Å². The average molecular weight is 367 g/mol. The summed E-state index contributed by atoms with van der Waals surface area (Å²) >= 11 is 0. The number of fused-ring (bicyclic) bond motifs is 1. The van der Waals surface area contributed by atoms with E-state index < -0.39 is 0 Å². The van der Waals surface area contributed by atoms with E-state index in [1.165, 1.54) is 38.4 Å². The highest BCUT2D eigenvalue weighted by Gasteiger charge is 2.28. The van der Waals surface area contributed by atoms with Crippen LogP contribution in [0.5, 0.6) is 0 Å². The third kappa shape index (κ3) is 4.08. The summed E-state index contributed by atoms with van der Waals surface area (Å²) in [6.45, 7) is 7.38. The molecule has 2 fully saturated rings. The molecule has 2 aliphatic heterocycles. The van der Waals surface area contributed by atoms with Crippen molar-refractivity contribution in [3.05, 3.63) is 46.2 Å². The number of hydrogen-bond acceptors (Lipinski definition) is 3. The molecule has 1 N–H and O–H groups in total. The highest BCUT2D eigenvalue weighted by molar-refractivity contribution is 6.05. The van der Waals surface area contributed by atoms with Gasteiger partial charge in [-0.1, -0.05) is 25.1 Å². The van der Waals surface area contributed by atoms with Gasteiger partial charge < -0.3 is 14.8 Å². The number of piperidine rings is 2. The number of pyridine rings is 1. The first-order valence-electron chi connectivity index (χ1n) is 10.2. The molecule has 1 amide bonds. The predicted molar refractivity (Wildman–Crippen MR) is 108 cm³/mol. The van der Waals surface area contributed by atoms with Gasteiger partial charge in [-0.2, -0.15) is 0 Å². The van der Waals surface area contributed by atoms with E-state index in [1.807, 2.05) is 29.2 Å². The van der Waals surface area contributed by atoms with Crippen LogP contribution in [-0.2, 0) is 0 Å². The zero-order valence-electron chi connectivity index (χ0n) is 16.1. The molecule has 0 bridgehead atoms. The van der Waals surface area contributed by atoms with E-state index in [9.17, 15) is 9.59 Å². The van der Waals surface area contributed by atoms with Gasteiger partial charge in [-0.05, 0) is 56.7 Å². The lowest BCUT2D eigenvalue weighted by molar-refractivity contribution is 0.0624. The van der Waals surface area contributed by atoms with Gasteiger partial charge in [0.15, 0.2) is 0 Å². The van der Waals surface area contributed by atoms with Crippen molar-refractivity contribution in [1.29, 1.82) is 0 Å². The summed E-state index contributed by atoms with van der Waals surface area (Å²) in [5.41, 5.74) is 1.04. The summed E-state index contributed by atoms with van der Waals surface area (Å²) < 4.78 is 0. The number of nitrogens with one attached hydrogen (secondary N) is 1. The first kappa shape index (κ1) is 18.2. The topological polar surface area (TPSA) is 56.4 Å². The Morgan fingerprint density at radius 1 is 1.15 bits per heavy atom. The molecule has 5 heteroatoms. The number of carbonyl (C=O) groups is 1. The number of hydrogen-bond donors (Lipinski definition) is 1. The van der Waals surface area contributed by atoms with E-state index in [2.05, 4.69) is 16.8 Å². The van der Waals surface area contributed by atoms with Crippen LogP contribution in [0.4, 0.5) is 0 Å². The molecule has 1 aromatic heterocycles. The monoisotopic (exact) mass is 367 g/mol. The summed E-state index contributed by atoms with van der Waals surface area (Å²) in [4.78, 5) is 32.6. The number of carbonyl (C=O) groups excluding carboxylic acids is 1. The molecule has 1 unspecified atom stereocenters. The highest BCUT2D eigenvalue weighted by atomic mass is 16.2. The van der Waals surface area contributed by atoms with Gasteiger partial charge in [0, 0.05) is 36.6 Å². The lowest BCUT2D eigenvalue weighted by Crippen LogP contribution is -2.45. The number of benzene rings is 1. The maximum absolute atomic E-state index is 13.2. The lowest BCUT2D eigenvalue weighted by Gasteiger charge is -2.38. The zero-order chi connectivity index (χ0) is 18.8. The van der Waals surface area contributed by atoms with Crippen LogP contribution in [0.2, 0.25) is 0 Å². The summed E-state index contributed by atoms with van der Waals surface area (Å²) in [6, 6.07) is 9.01. The van der Waals surface area contributed by atoms with E-state index in [-0.39, 0.29) is 11.5 Å². The fraction of sp³-hybridized carbons (Fsp3) is 0.545. The van der Waals surface area contributed by atoms with Gasteiger partial charge in [0.05, 0.1) is 5.56 Å². The number of amides is 1. The Bertz CT molecular complexity index is 867. The number of rotatable bonds is 3. The van der Waals surface area contributed by atoms with Crippen molar-refractivity contribution in [3.63, 3.8) is 0 Å². The van der Waals surface area contributed by atoms with Crippen molar-refractivity contribution < 1.29 is 4.79 Å². The molecule has 0 saturated carbocycles.